The molecule has 0 unspecified atom stereocenters. The molecule has 0 aliphatic carbocycles. The van der Waals surface area contributed by atoms with Gasteiger partial charge in [-0.3, -0.25) is 0 Å². The normalized spacial score (nSPS) is 10.4. The summed E-state index contributed by atoms with van der Waals surface area (Å²) in [6, 6.07) is 2.78. The predicted octanol–water partition coefficient (Wildman–Crippen LogP) is 2.35. The van der Waals surface area contributed by atoms with Crippen LogP contribution < -0.4 is 0 Å². The van der Waals surface area contributed by atoms with Crippen molar-refractivity contribution in [1.82, 2.24) is 0 Å². The van der Waals surface area contributed by atoms with E-state index >= 15 is 0 Å². The molecule has 0 spiro atoms. The van der Waals surface area contributed by atoms with E-state index in [0.29, 0.717) is 12.4 Å². The maximum atomic E-state index is 12.5. The molecule has 0 fully saturated rings. The highest BCUT2D eigenvalue weighted by atomic mass is 19.4. The number of carbonyl (C=O) groups is 1. The summed E-state index contributed by atoms with van der Waals surface area (Å²) in [6.45, 7) is 0. The van der Waals surface area contributed by atoms with Crippen molar-refractivity contribution in [3.8, 4) is 17.6 Å². The standard InChI is InChI=1S/C11H7F3O2/c12-11(13,14)10-7-9(16)5-4-8(10)3-1-2-6-15/h4-7,16H,2H2. The van der Waals surface area contributed by atoms with Gasteiger partial charge in [-0.05, 0) is 18.2 Å². The Balaban J connectivity index is 3.20. The van der Waals surface area contributed by atoms with Crippen LogP contribution in [0.3, 0.4) is 0 Å². The number of carbonyl (C=O) groups excluding carboxylic acids is 1. The highest BCUT2D eigenvalue weighted by molar-refractivity contribution is 5.56. The zero-order valence-corrected chi connectivity index (χ0v) is 8.01. The van der Waals surface area contributed by atoms with E-state index < -0.39 is 17.5 Å². The van der Waals surface area contributed by atoms with Gasteiger partial charge >= 0.3 is 6.18 Å². The number of phenolic OH excluding ortho intramolecular Hbond substituents is 1. The minimum atomic E-state index is -4.58. The molecule has 0 saturated carbocycles. The second kappa shape index (κ2) is 4.71. The summed E-state index contributed by atoms with van der Waals surface area (Å²) in [5.41, 5.74) is -1.27. The molecule has 2 nitrogen and oxygen atoms in total. The molecule has 16 heavy (non-hydrogen) atoms. The number of phenols is 1. The van der Waals surface area contributed by atoms with Crippen LogP contribution in [0.5, 0.6) is 5.75 Å². The molecule has 0 aliphatic rings. The number of hydrogen-bond acceptors (Lipinski definition) is 2. The van der Waals surface area contributed by atoms with Crippen LogP contribution in [0.4, 0.5) is 13.2 Å². The lowest BCUT2D eigenvalue weighted by molar-refractivity contribution is -0.137. The molecule has 0 aromatic heterocycles. The third-order valence-electron chi connectivity index (χ3n) is 1.72. The van der Waals surface area contributed by atoms with E-state index in [2.05, 4.69) is 11.8 Å². The highest BCUT2D eigenvalue weighted by Gasteiger charge is 2.33. The number of rotatable bonds is 1. The number of alkyl halides is 3. The van der Waals surface area contributed by atoms with Gasteiger partial charge in [-0.2, -0.15) is 13.2 Å². The zero-order chi connectivity index (χ0) is 12.2. The van der Waals surface area contributed by atoms with Crippen LogP contribution in [0.25, 0.3) is 0 Å². The Morgan fingerprint density at radius 3 is 2.62 bits per heavy atom. The van der Waals surface area contributed by atoms with Gasteiger partial charge in [-0.1, -0.05) is 11.8 Å². The number of aromatic hydroxyl groups is 1. The molecule has 0 amide bonds. The lowest BCUT2D eigenvalue weighted by Gasteiger charge is -2.09. The van der Waals surface area contributed by atoms with Crippen molar-refractivity contribution in [2.24, 2.45) is 0 Å². The van der Waals surface area contributed by atoms with Crippen LogP contribution in [0.1, 0.15) is 17.5 Å². The van der Waals surface area contributed by atoms with Crippen molar-refractivity contribution in [2.75, 3.05) is 0 Å². The molecule has 1 N–H and O–H groups in total. The molecule has 0 atom stereocenters. The molecule has 1 aromatic carbocycles. The number of hydrogen-bond donors (Lipinski definition) is 1. The average Bonchev–Trinajstić information content (AvgIpc) is 2.19. The summed E-state index contributed by atoms with van der Waals surface area (Å²) in [7, 11) is 0. The van der Waals surface area contributed by atoms with Crippen LogP contribution in [0, 0.1) is 11.8 Å². The fraction of sp³-hybridized carbons (Fsp3) is 0.182. The van der Waals surface area contributed by atoms with Gasteiger partial charge in [0.2, 0.25) is 0 Å². The first-order chi connectivity index (χ1) is 7.45. The highest BCUT2D eigenvalue weighted by Crippen LogP contribution is 2.33. The van der Waals surface area contributed by atoms with Gasteiger partial charge in [0.25, 0.3) is 0 Å². The minimum absolute atomic E-state index is 0.127. The molecule has 0 bridgehead atoms. The molecular weight excluding hydrogens is 221 g/mol. The van der Waals surface area contributed by atoms with Gasteiger partial charge in [0, 0.05) is 5.56 Å². The minimum Gasteiger partial charge on any atom is -0.508 e. The first kappa shape index (κ1) is 12.1. The van der Waals surface area contributed by atoms with Crippen molar-refractivity contribution in [1.29, 1.82) is 0 Å². The van der Waals surface area contributed by atoms with Gasteiger partial charge in [-0.15, -0.1) is 0 Å². The molecule has 1 aromatic rings. The topological polar surface area (TPSA) is 37.3 Å². The first-order valence-corrected chi connectivity index (χ1v) is 4.28. The summed E-state index contributed by atoms with van der Waals surface area (Å²) in [6.07, 6.45) is -4.21. The molecule has 0 aliphatic heterocycles. The molecule has 1 rings (SSSR count). The Labute approximate surface area is 89.7 Å². The van der Waals surface area contributed by atoms with Crippen LogP contribution in [0.2, 0.25) is 0 Å². The van der Waals surface area contributed by atoms with E-state index in [0.717, 1.165) is 12.1 Å². The summed E-state index contributed by atoms with van der Waals surface area (Å²) in [5, 5.41) is 8.97. The Bertz CT molecular complexity index is 453. The van der Waals surface area contributed by atoms with Crippen LogP contribution in [-0.4, -0.2) is 11.4 Å². The van der Waals surface area contributed by atoms with E-state index in [-0.39, 0.29) is 12.0 Å². The lowest BCUT2D eigenvalue weighted by atomic mass is 10.1. The van der Waals surface area contributed by atoms with Gasteiger partial charge < -0.3 is 9.90 Å². The second-order valence-corrected chi connectivity index (χ2v) is 2.90. The van der Waals surface area contributed by atoms with Crippen molar-refractivity contribution in [2.45, 2.75) is 12.6 Å². The number of aldehydes is 1. The van der Waals surface area contributed by atoms with Gasteiger partial charge in [0.05, 0.1) is 12.0 Å². The number of benzene rings is 1. The van der Waals surface area contributed by atoms with E-state index in [1.165, 1.54) is 0 Å². The molecule has 84 valence electrons. The Morgan fingerprint density at radius 1 is 1.38 bits per heavy atom. The van der Waals surface area contributed by atoms with E-state index in [4.69, 9.17) is 5.11 Å². The fourth-order valence-corrected chi connectivity index (χ4v) is 1.06. The first-order valence-electron chi connectivity index (χ1n) is 4.28. The van der Waals surface area contributed by atoms with E-state index in [1.54, 1.807) is 0 Å². The lowest BCUT2D eigenvalue weighted by Crippen LogP contribution is -2.07. The van der Waals surface area contributed by atoms with Gasteiger partial charge in [0.1, 0.15) is 12.0 Å². The van der Waals surface area contributed by atoms with Crippen molar-refractivity contribution < 1.29 is 23.1 Å². The van der Waals surface area contributed by atoms with Crippen molar-refractivity contribution in [3.63, 3.8) is 0 Å². The molecule has 0 saturated heterocycles. The summed E-state index contributed by atoms with van der Waals surface area (Å²) in [5.74, 6) is 4.04. The van der Waals surface area contributed by atoms with Crippen LogP contribution in [-0.2, 0) is 11.0 Å². The maximum Gasteiger partial charge on any atom is 0.417 e. The Morgan fingerprint density at radius 2 is 2.06 bits per heavy atom. The average molecular weight is 228 g/mol. The third kappa shape index (κ3) is 3.02. The Hall–Kier alpha value is -1.96. The van der Waals surface area contributed by atoms with Crippen molar-refractivity contribution >= 4 is 6.29 Å². The quantitative estimate of drug-likeness (QED) is 0.591. The molecule has 0 heterocycles. The summed E-state index contributed by atoms with van der Waals surface area (Å²) >= 11 is 0. The second-order valence-electron chi connectivity index (χ2n) is 2.90. The third-order valence-corrected chi connectivity index (χ3v) is 1.72. The smallest absolute Gasteiger partial charge is 0.417 e. The van der Waals surface area contributed by atoms with Crippen LogP contribution >= 0.6 is 0 Å². The SMILES string of the molecule is O=CCC#Cc1ccc(O)cc1C(F)(F)F. The van der Waals surface area contributed by atoms with Gasteiger partial charge in [0.15, 0.2) is 0 Å². The predicted molar refractivity (Wildman–Crippen MR) is 50.7 cm³/mol. The summed E-state index contributed by atoms with van der Waals surface area (Å²) in [4.78, 5) is 9.97. The molecule has 5 heteroatoms. The van der Waals surface area contributed by atoms with E-state index in [1.807, 2.05) is 0 Å². The molecule has 0 radical (unpaired) electrons. The van der Waals surface area contributed by atoms with Crippen molar-refractivity contribution in [3.05, 3.63) is 29.3 Å². The summed E-state index contributed by atoms with van der Waals surface area (Å²) < 4.78 is 37.5. The van der Waals surface area contributed by atoms with E-state index in [9.17, 15) is 18.0 Å². The maximum absolute atomic E-state index is 12.5. The largest absolute Gasteiger partial charge is 0.508 e. The Kier molecular flexibility index (Phi) is 3.56. The monoisotopic (exact) mass is 228 g/mol. The fourth-order valence-electron chi connectivity index (χ4n) is 1.06. The van der Waals surface area contributed by atoms with Crippen LogP contribution in [0.15, 0.2) is 18.2 Å². The van der Waals surface area contributed by atoms with Gasteiger partial charge in [-0.25, -0.2) is 0 Å². The molecular formula is C11H7F3O2. The number of halogens is 3. The zero-order valence-electron chi connectivity index (χ0n) is 8.01.